The molecule has 1 aliphatic heterocycles. The first-order chi connectivity index (χ1) is 12.4. The third-order valence-electron chi connectivity index (χ3n) is 4.07. The highest BCUT2D eigenvalue weighted by Crippen LogP contribution is 2.45. The van der Waals surface area contributed by atoms with Crippen LogP contribution in [0.2, 0.25) is 0 Å². The summed E-state index contributed by atoms with van der Waals surface area (Å²) >= 11 is 3.84. The first-order valence-corrected chi connectivity index (χ1v) is 11.7. The standard InChI is InChI=1S/C18H20N2O3S3/c1-12-3-8-15(11-16(12)26(22,23)19-2)20-17(21)13-4-6-14(7-5-13)18-24-9-10-25-18/h3-8,11,18-19H,9-10H2,1-2H3,(H,20,21). The van der Waals surface area contributed by atoms with Crippen LogP contribution in [0.4, 0.5) is 5.69 Å². The Morgan fingerprint density at radius 2 is 1.73 bits per heavy atom. The largest absolute Gasteiger partial charge is 0.322 e. The molecule has 1 aliphatic rings. The van der Waals surface area contributed by atoms with Gasteiger partial charge in [0, 0.05) is 22.8 Å². The van der Waals surface area contributed by atoms with E-state index in [4.69, 9.17) is 0 Å². The normalized spacial score (nSPS) is 15.2. The van der Waals surface area contributed by atoms with Crippen molar-refractivity contribution in [3.63, 3.8) is 0 Å². The van der Waals surface area contributed by atoms with Gasteiger partial charge in [-0.3, -0.25) is 4.79 Å². The molecule has 2 aromatic carbocycles. The number of sulfonamides is 1. The number of hydrogen-bond acceptors (Lipinski definition) is 5. The number of aryl methyl sites for hydroxylation is 1. The van der Waals surface area contributed by atoms with Gasteiger partial charge in [-0.25, -0.2) is 13.1 Å². The number of nitrogens with one attached hydrogen (secondary N) is 2. The minimum absolute atomic E-state index is 0.156. The second-order valence-electron chi connectivity index (χ2n) is 5.84. The molecule has 0 aromatic heterocycles. The Morgan fingerprint density at radius 1 is 1.08 bits per heavy atom. The van der Waals surface area contributed by atoms with Gasteiger partial charge in [-0.2, -0.15) is 0 Å². The van der Waals surface area contributed by atoms with Crippen molar-refractivity contribution < 1.29 is 13.2 Å². The number of carbonyl (C=O) groups is 1. The van der Waals surface area contributed by atoms with E-state index in [0.717, 1.165) is 11.5 Å². The molecule has 0 radical (unpaired) electrons. The van der Waals surface area contributed by atoms with Crippen molar-refractivity contribution in [2.24, 2.45) is 0 Å². The Hall–Kier alpha value is -1.48. The molecule has 26 heavy (non-hydrogen) atoms. The van der Waals surface area contributed by atoms with Crippen molar-refractivity contribution in [3.8, 4) is 0 Å². The Balaban J connectivity index is 1.76. The van der Waals surface area contributed by atoms with E-state index in [9.17, 15) is 13.2 Å². The monoisotopic (exact) mass is 408 g/mol. The maximum atomic E-state index is 12.5. The summed E-state index contributed by atoms with van der Waals surface area (Å²) in [6.45, 7) is 1.72. The number of anilines is 1. The molecule has 1 fully saturated rings. The van der Waals surface area contributed by atoms with E-state index in [2.05, 4.69) is 10.0 Å². The second-order valence-corrected chi connectivity index (χ2v) is 10.4. The topological polar surface area (TPSA) is 75.3 Å². The van der Waals surface area contributed by atoms with E-state index in [1.165, 1.54) is 18.7 Å². The molecule has 2 N–H and O–H groups in total. The van der Waals surface area contributed by atoms with Crippen LogP contribution in [0.1, 0.15) is 26.1 Å². The molecule has 138 valence electrons. The van der Waals surface area contributed by atoms with Crippen molar-refractivity contribution in [1.82, 2.24) is 4.72 Å². The molecule has 1 amide bonds. The van der Waals surface area contributed by atoms with Gasteiger partial charge in [0.15, 0.2) is 0 Å². The fourth-order valence-corrected chi connectivity index (χ4v) is 6.48. The number of amides is 1. The van der Waals surface area contributed by atoms with Gasteiger partial charge < -0.3 is 5.32 Å². The molecular weight excluding hydrogens is 388 g/mol. The molecule has 0 saturated carbocycles. The Labute approximate surface area is 162 Å². The zero-order valence-electron chi connectivity index (χ0n) is 14.5. The summed E-state index contributed by atoms with van der Waals surface area (Å²) in [5.74, 6) is 2.05. The van der Waals surface area contributed by atoms with Crippen molar-refractivity contribution in [1.29, 1.82) is 0 Å². The maximum Gasteiger partial charge on any atom is 0.255 e. The van der Waals surface area contributed by atoms with Crippen molar-refractivity contribution >= 4 is 45.1 Å². The summed E-state index contributed by atoms with van der Waals surface area (Å²) in [7, 11) is -2.21. The first kappa shape index (κ1) is 19.3. The predicted molar refractivity (Wildman–Crippen MR) is 109 cm³/mol. The quantitative estimate of drug-likeness (QED) is 0.790. The van der Waals surface area contributed by atoms with Gasteiger partial charge in [0.1, 0.15) is 0 Å². The lowest BCUT2D eigenvalue weighted by molar-refractivity contribution is 0.102. The Kier molecular flexibility index (Phi) is 5.96. The summed E-state index contributed by atoms with van der Waals surface area (Å²) in [5.41, 5.74) is 2.82. The molecule has 0 bridgehead atoms. The molecule has 1 heterocycles. The average Bonchev–Trinajstić information content (AvgIpc) is 3.18. The van der Waals surface area contributed by atoms with Crippen molar-refractivity contribution in [2.45, 2.75) is 16.4 Å². The average molecular weight is 409 g/mol. The zero-order chi connectivity index (χ0) is 18.7. The molecular formula is C18H20N2O3S3. The molecule has 5 nitrogen and oxygen atoms in total. The maximum absolute atomic E-state index is 12.5. The van der Waals surface area contributed by atoms with Crippen LogP contribution in [0, 0.1) is 6.92 Å². The number of benzene rings is 2. The van der Waals surface area contributed by atoms with Crippen LogP contribution in [0.5, 0.6) is 0 Å². The Morgan fingerprint density at radius 3 is 2.35 bits per heavy atom. The summed E-state index contributed by atoms with van der Waals surface area (Å²) in [6, 6.07) is 12.4. The third-order valence-corrected chi connectivity index (χ3v) is 8.73. The fourth-order valence-electron chi connectivity index (χ4n) is 2.62. The summed E-state index contributed by atoms with van der Waals surface area (Å²) in [4.78, 5) is 12.6. The van der Waals surface area contributed by atoms with E-state index >= 15 is 0 Å². The van der Waals surface area contributed by atoms with E-state index in [0.29, 0.717) is 21.4 Å². The van der Waals surface area contributed by atoms with E-state index < -0.39 is 10.0 Å². The highest BCUT2D eigenvalue weighted by atomic mass is 32.2. The molecule has 0 unspecified atom stereocenters. The lowest BCUT2D eigenvalue weighted by Gasteiger charge is -2.11. The molecule has 0 aliphatic carbocycles. The van der Waals surface area contributed by atoms with E-state index in [1.54, 1.807) is 19.1 Å². The van der Waals surface area contributed by atoms with Gasteiger partial charge >= 0.3 is 0 Å². The molecule has 0 spiro atoms. The smallest absolute Gasteiger partial charge is 0.255 e. The summed E-state index contributed by atoms with van der Waals surface area (Å²) < 4.78 is 26.9. The van der Waals surface area contributed by atoms with Gasteiger partial charge in [-0.15, -0.1) is 23.5 Å². The van der Waals surface area contributed by atoms with Crippen LogP contribution in [0.25, 0.3) is 0 Å². The van der Waals surface area contributed by atoms with Gasteiger partial charge in [-0.05, 0) is 49.4 Å². The minimum Gasteiger partial charge on any atom is -0.322 e. The zero-order valence-corrected chi connectivity index (χ0v) is 16.9. The van der Waals surface area contributed by atoms with Crippen LogP contribution in [0.15, 0.2) is 47.4 Å². The lowest BCUT2D eigenvalue weighted by atomic mass is 10.1. The second kappa shape index (κ2) is 8.04. The van der Waals surface area contributed by atoms with Crippen molar-refractivity contribution in [3.05, 3.63) is 59.2 Å². The number of hydrogen-bond donors (Lipinski definition) is 2. The van der Waals surface area contributed by atoms with Crippen LogP contribution >= 0.6 is 23.5 Å². The number of thioether (sulfide) groups is 2. The SMILES string of the molecule is CNS(=O)(=O)c1cc(NC(=O)c2ccc(C3SCCS3)cc2)ccc1C. The van der Waals surface area contributed by atoms with Gasteiger partial charge in [0.05, 0.1) is 9.48 Å². The van der Waals surface area contributed by atoms with E-state index in [-0.39, 0.29) is 10.8 Å². The van der Waals surface area contributed by atoms with E-state index in [1.807, 2.05) is 47.8 Å². The Bertz CT molecular complexity index is 906. The van der Waals surface area contributed by atoms with Gasteiger partial charge in [0.2, 0.25) is 10.0 Å². The third kappa shape index (κ3) is 4.25. The predicted octanol–water partition coefficient (Wildman–Crippen LogP) is 3.63. The van der Waals surface area contributed by atoms with Crippen LogP contribution in [0.3, 0.4) is 0 Å². The van der Waals surface area contributed by atoms with Crippen LogP contribution < -0.4 is 10.0 Å². The first-order valence-electron chi connectivity index (χ1n) is 8.09. The van der Waals surface area contributed by atoms with Gasteiger partial charge in [0.25, 0.3) is 5.91 Å². The number of carbonyl (C=O) groups excluding carboxylic acids is 1. The summed E-state index contributed by atoms with van der Waals surface area (Å²) in [5, 5.41) is 2.77. The lowest BCUT2D eigenvalue weighted by Crippen LogP contribution is -2.20. The highest BCUT2D eigenvalue weighted by molar-refractivity contribution is 8.19. The molecule has 0 atom stereocenters. The highest BCUT2D eigenvalue weighted by Gasteiger charge is 2.19. The molecule has 1 saturated heterocycles. The molecule has 8 heteroatoms. The van der Waals surface area contributed by atoms with Crippen molar-refractivity contribution in [2.75, 3.05) is 23.9 Å². The number of rotatable bonds is 5. The van der Waals surface area contributed by atoms with Crippen LogP contribution in [-0.2, 0) is 10.0 Å². The van der Waals surface area contributed by atoms with Crippen LogP contribution in [-0.4, -0.2) is 32.9 Å². The fraction of sp³-hybridized carbons (Fsp3) is 0.278. The minimum atomic E-state index is -3.57. The molecule has 2 aromatic rings. The molecule has 3 rings (SSSR count). The van der Waals surface area contributed by atoms with Gasteiger partial charge in [-0.1, -0.05) is 18.2 Å². The summed E-state index contributed by atoms with van der Waals surface area (Å²) in [6.07, 6.45) is 0.